The van der Waals surface area contributed by atoms with Crippen molar-refractivity contribution in [3.8, 4) is 0 Å². The average Bonchev–Trinajstić information content (AvgIpc) is 2.51. The Morgan fingerprint density at radius 1 is 1.26 bits per heavy atom. The van der Waals surface area contributed by atoms with Crippen molar-refractivity contribution in [3.05, 3.63) is 51.1 Å². The Balaban J connectivity index is 2.59. The number of aromatic nitrogens is 2. The summed E-state index contributed by atoms with van der Waals surface area (Å²) in [6.07, 6.45) is -1.11. The molecule has 1 heterocycles. The van der Waals surface area contributed by atoms with Crippen LogP contribution in [0.25, 0.3) is 0 Å². The van der Waals surface area contributed by atoms with E-state index in [9.17, 15) is 9.50 Å². The van der Waals surface area contributed by atoms with Crippen molar-refractivity contribution in [1.82, 2.24) is 9.78 Å². The van der Waals surface area contributed by atoms with E-state index in [4.69, 9.17) is 11.6 Å². The fourth-order valence-electron chi connectivity index (χ4n) is 2.37. The molecule has 0 saturated heterocycles. The lowest BCUT2D eigenvalue weighted by Gasteiger charge is -2.15. The van der Waals surface area contributed by atoms with Gasteiger partial charge in [-0.2, -0.15) is 5.10 Å². The Hall–Kier alpha value is -1.39. The summed E-state index contributed by atoms with van der Waals surface area (Å²) in [5, 5.41) is 14.9. The Bertz CT molecular complexity index is 614. The van der Waals surface area contributed by atoms with E-state index in [0.717, 1.165) is 5.56 Å². The fraction of sp³-hybridized carbons (Fsp3) is 0.357. The van der Waals surface area contributed by atoms with Crippen LogP contribution < -0.4 is 0 Å². The Labute approximate surface area is 116 Å². The van der Waals surface area contributed by atoms with Crippen LogP contribution in [0.3, 0.4) is 0 Å². The second-order valence-electron chi connectivity index (χ2n) is 4.79. The number of halogens is 2. The molecule has 0 amide bonds. The summed E-state index contributed by atoms with van der Waals surface area (Å²) in [7, 11) is 1.68. The third-order valence-electron chi connectivity index (χ3n) is 3.22. The molecule has 102 valence electrons. The zero-order valence-electron chi connectivity index (χ0n) is 11.3. The van der Waals surface area contributed by atoms with Gasteiger partial charge >= 0.3 is 0 Å². The van der Waals surface area contributed by atoms with Crippen LogP contribution in [0.2, 0.25) is 5.15 Å². The highest BCUT2D eigenvalue weighted by molar-refractivity contribution is 6.30. The van der Waals surface area contributed by atoms with Crippen LogP contribution >= 0.6 is 11.6 Å². The lowest BCUT2D eigenvalue weighted by atomic mass is 9.96. The van der Waals surface area contributed by atoms with Crippen LogP contribution in [0, 0.1) is 26.6 Å². The quantitative estimate of drug-likeness (QED) is 0.918. The summed E-state index contributed by atoms with van der Waals surface area (Å²) in [4.78, 5) is 0. The van der Waals surface area contributed by atoms with Gasteiger partial charge in [-0.15, -0.1) is 0 Å². The Morgan fingerprint density at radius 3 is 2.37 bits per heavy atom. The first-order valence-electron chi connectivity index (χ1n) is 5.96. The van der Waals surface area contributed by atoms with Crippen LogP contribution in [-0.4, -0.2) is 14.9 Å². The Kier molecular flexibility index (Phi) is 3.65. The van der Waals surface area contributed by atoms with Gasteiger partial charge in [-0.3, -0.25) is 4.68 Å². The van der Waals surface area contributed by atoms with Gasteiger partial charge in [0.05, 0.1) is 5.69 Å². The highest BCUT2D eigenvalue weighted by Gasteiger charge is 2.25. The first kappa shape index (κ1) is 14.0. The van der Waals surface area contributed by atoms with Crippen LogP contribution in [0.4, 0.5) is 4.39 Å². The molecule has 3 nitrogen and oxygen atoms in total. The molecule has 5 heteroatoms. The maximum Gasteiger partial charge on any atom is 0.133 e. The molecule has 1 unspecified atom stereocenters. The molecule has 0 spiro atoms. The molecule has 0 aliphatic heterocycles. The summed E-state index contributed by atoms with van der Waals surface area (Å²) in [6, 6.07) is 3.24. The minimum atomic E-state index is -1.11. The van der Waals surface area contributed by atoms with Crippen molar-refractivity contribution in [2.45, 2.75) is 26.9 Å². The smallest absolute Gasteiger partial charge is 0.133 e. The lowest BCUT2D eigenvalue weighted by molar-refractivity contribution is 0.213. The van der Waals surface area contributed by atoms with Crippen LogP contribution in [0.5, 0.6) is 0 Å². The van der Waals surface area contributed by atoms with Gasteiger partial charge in [0.2, 0.25) is 0 Å². The zero-order chi connectivity index (χ0) is 14.3. The van der Waals surface area contributed by atoms with Crippen molar-refractivity contribution in [3.63, 3.8) is 0 Å². The molecule has 0 radical (unpaired) electrons. The van der Waals surface area contributed by atoms with Crippen LogP contribution in [0.15, 0.2) is 12.1 Å². The monoisotopic (exact) mass is 282 g/mol. The van der Waals surface area contributed by atoms with E-state index in [-0.39, 0.29) is 5.56 Å². The standard InChI is InChI=1S/C14H16ClFN2O/c1-7-5-8(2)11(10(16)6-7)13(19)12-9(3)17-18(4)14(12)15/h5-6,13,19H,1-4H3. The number of rotatable bonds is 2. The molecule has 1 aromatic heterocycles. The molecule has 1 aromatic carbocycles. The number of hydrogen-bond donors (Lipinski definition) is 1. The van der Waals surface area contributed by atoms with Crippen LogP contribution in [-0.2, 0) is 7.05 Å². The van der Waals surface area contributed by atoms with Crippen LogP contribution in [0.1, 0.15) is 34.1 Å². The first-order chi connectivity index (χ1) is 8.82. The molecule has 1 atom stereocenters. The number of aryl methyl sites for hydroxylation is 4. The van der Waals surface area contributed by atoms with Gasteiger partial charge in [-0.25, -0.2) is 4.39 Å². The molecule has 19 heavy (non-hydrogen) atoms. The summed E-state index contributed by atoms with van der Waals surface area (Å²) < 4.78 is 15.6. The predicted octanol–water partition coefficient (Wildman–Crippen LogP) is 3.22. The molecule has 0 saturated carbocycles. The van der Waals surface area contributed by atoms with Gasteiger partial charge in [0.1, 0.15) is 17.1 Å². The number of aliphatic hydroxyl groups excluding tert-OH is 1. The summed E-state index contributed by atoms with van der Waals surface area (Å²) >= 11 is 6.11. The second-order valence-corrected chi connectivity index (χ2v) is 5.15. The minimum absolute atomic E-state index is 0.253. The summed E-state index contributed by atoms with van der Waals surface area (Å²) in [5.74, 6) is -0.427. The van der Waals surface area contributed by atoms with Crippen molar-refractivity contribution < 1.29 is 9.50 Å². The lowest BCUT2D eigenvalue weighted by Crippen LogP contribution is -2.07. The maximum atomic E-state index is 14.1. The summed E-state index contributed by atoms with van der Waals surface area (Å²) in [5.41, 5.74) is 2.82. The van der Waals surface area contributed by atoms with Crippen molar-refractivity contribution in [1.29, 1.82) is 0 Å². The van der Waals surface area contributed by atoms with E-state index in [1.54, 1.807) is 20.9 Å². The highest BCUT2D eigenvalue weighted by Crippen LogP contribution is 2.33. The van der Waals surface area contributed by atoms with E-state index < -0.39 is 11.9 Å². The largest absolute Gasteiger partial charge is 0.383 e. The predicted molar refractivity (Wildman–Crippen MR) is 72.9 cm³/mol. The maximum absolute atomic E-state index is 14.1. The molecule has 1 N–H and O–H groups in total. The molecule has 0 bridgehead atoms. The molecule has 0 aliphatic rings. The molecule has 2 rings (SSSR count). The number of hydrogen-bond acceptors (Lipinski definition) is 2. The van der Waals surface area contributed by atoms with Gasteiger partial charge in [-0.1, -0.05) is 17.7 Å². The fourth-order valence-corrected chi connectivity index (χ4v) is 2.65. The molecule has 0 aliphatic carbocycles. The van der Waals surface area contributed by atoms with E-state index in [0.29, 0.717) is 22.0 Å². The second kappa shape index (κ2) is 4.94. The summed E-state index contributed by atoms with van der Waals surface area (Å²) in [6.45, 7) is 5.33. The van der Waals surface area contributed by atoms with E-state index in [1.807, 2.05) is 13.0 Å². The molecular formula is C14H16ClFN2O. The van der Waals surface area contributed by atoms with Gasteiger partial charge in [-0.05, 0) is 38.0 Å². The van der Waals surface area contributed by atoms with Crippen molar-refractivity contribution in [2.24, 2.45) is 7.05 Å². The normalized spacial score (nSPS) is 12.8. The van der Waals surface area contributed by atoms with Crippen molar-refractivity contribution >= 4 is 11.6 Å². The SMILES string of the molecule is Cc1cc(C)c(C(O)c2c(C)nn(C)c2Cl)c(F)c1. The van der Waals surface area contributed by atoms with E-state index in [1.165, 1.54) is 10.7 Å². The molecule has 0 fully saturated rings. The van der Waals surface area contributed by atoms with Gasteiger partial charge in [0.15, 0.2) is 0 Å². The highest BCUT2D eigenvalue weighted by atomic mass is 35.5. The van der Waals surface area contributed by atoms with Gasteiger partial charge in [0, 0.05) is 18.2 Å². The van der Waals surface area contributed by atoms with E-state index >= 15 is 0 Å². The molecule has 2 aromatic rings. The van der Waals surface area contributed by atoms with E-state index in [2.05, 4.69) is 5.10 Å². The van der Waals surface area contributed by atoms with Gasteiger partial charge < -0.3 is 5.11 Å². The zero-order valence-corrected chi connectivity index (χ0v) is 12.1. The van der Waals surface area contributed by atoms with Crippen molar-refractivity contribution in [2.75, 3.05) is 0 Å². The molecular weight excluding hydrogens is 267 g/mol. The third-order valence-corrected chi connectivity index (χ3v) is 3.67. The number of nitrogens with zero attached hydrogens (tertiary/aromatic N) is 2. The number of benzene rings is 1. The average molecular weight is 283 g/mol. The number of aliphatic hydroxyl groups is 1. The first-order valence-corrected chi connectivity index (χ1v) is 6.34. The van der Waals surface area contributed by atoms with Gasteiger partial charge in [0.25, 0.3) is 0 Å². The third kappa shape index (κ3) is 2.38. The minimum Gasteiger partial charge on any atom is -0.383 e. The topological polar surface area (TPSA) is 38.1 Å². The Morgan fingerprint density at radius 2 is 1.89 bits per heavy atom.